The molecule has 0 atom stereocenters. The molecular formula is C25H17Cl3INO4S. The second-order valence-electron chi connectivity index (χ2n) is 7.45. The van der Waals surface area contributed by atoms with Crippen LogP contribution in [0.5, 0.6) is 11.5 Å². The van der Waals surface area contributed by atoms with Gasteiger partial charge in [-0.05, 0) is 93.5 Å². The first-order valence-corrected chi connectivity index (χ1v) is 13.2. The van der Waals surface area contributed by atoms with E-state index in [1.165, 1.54) is 0 Å². The molecule has 3 aromatic carbocycles. The van der Waals surface area contributed by atoms with E-state index in [4.69, 9.17) is 44.3 Å². The van der Waals surface area contributed by atoms with E-state index in [0.717, 1.165) is 25.8 Å². The van der Waals surface area contributed by atoms with Gasteiger partial charge in [-0.25, -0.2) is 0 Å². The molecule has 1 heterocycles. The molecule has 0 unspecified atom stereocenters. The number of amides is 2. The summed E-state index contributed by atoms with van der Waals surface area (Å²) in [5.74, 6) is 0.720. The average molecular weight is 661 g/mol. The maximum atomic E-state index is 13.0. The number of nitrogens with zero attached hydrogens (tertiary/aromatic N) is 1. The maximum absolute atomic E-state index is 13.0. The number of ether oxygens (including phenoxy) is 2. The van der Waals surface area contributed by atoms with Gasteiger partial charge in [0.1, 0.15) is 6.61 Å². The normalized spacial score (nSPS) is 14.7. The Kier molecular flexibility index (Phi) is 8.54. The standard InChI is InChI=1S/C25H17Cl3INO4S/c1-33-21-9-15(8-20(29)23(21)34-13-14-2-5-17(26)6-3-14)10-22-24(31)30(25(32)35-22)12-16-4-7-18(27)11-19(16)28/h2-11H,12-13H2,1H3/b22-10-. The molecule has 0 aliphatic carbocycles. The van der Waals surface area contributed by atoms with Gasteiger partial charge in [-0.3, -0.25) is 14.5 Å². The van der Waals surface area contributed by atoms with Crippen LogP contribution in [-0.4, -0.2) is 23.2 Å². The minimum atomic E-state index is -0.386. The molecule has 4 rings (SSSR count). The monoisotopic (exact) mass is 659 g/mol. The largest absolute Gasteiger partial charge is 0.493 e. The summed E-state index contributed by atoms with van der Waals surface area (Å²) in [6.45, 7) is 0.408. The Balaban J connectivity index is 1.53. The Morgan fingerprint density at radius 1 is 1.00 bits per heavy atom. The Morgan fingerprint density at radius 2 is 1.71 bits per heavy atom. The highest BCUT2D eigenvalue weighted by Gasteiger charge is 2.35. The number of thioether (sulfide) groups is 1. The van der Waals surface area contributed by atoms with Crippen LogP contribution in [0.3, 0.4) is 0 Å². The molecule has 0 aromatic heterocycles. The van der Waals surface area contributed by atoms with E-state index in [1.807, 2.05) is 18.2 Å². The molecule has 0 bridgehead atoms. The number of benzene rings is 3. The highest BCUT2D eigenvalue weighted by atomic mass is 127. The van der Waals surface area contributed by atoms with Crippen LogP contribution >= 0.6 is 69.2 Å². The lowest BCUT2D eigenvalue weighted by molar-refractivity contribution is -0.123. The first kappa shape index (κ1) is 26.2. The third kappa shape index (κ3) is 6.27. The van der Waals surface area contributed by atoms with Gasteiger partial charge in [0.15, 0.2) is 11.5 Å². The predicted octanol–water partition coefficient (Wildman–Crippen LogP) is 8.08. The zero-order valence-corrected chi connectivity index (χ0v) is 23.4. The van der Waals surface area contributed by atoms with E-state index in [1.54, 1.807) is 49.6 Å². The van der Waals surface area contributed by atoms with Crippen molar-refractivity contribution < 1.29 is 19.1 Å². The molecule has 3 aromatic rings. The average Bonchev–Trinajstić information content (AvgIpc) is 3.08. The minimum absolute atomic E-state index is 0.0658. The Morgan fingerprint density at radius 3 is 2.40 bits per heavy atom. The molecule has 1 fully saturated rings. The van der Waals surface area contributed by atoms with Crippen LogP contribution in [0, 0.1) is 3.57 Å². The first-order valence-electron chi connectivity index (χ1n) is 10.2. The van der Waals surface area contributed by atoms with Crippen LogP contribution in [0.1, 0.15) is 16.7 Å². The number of rotatable bonds is 7. The number of hydrogen-bond acceptors (Lipinski definition) is 5. The summed E-state index contributed by atoms with van der Waals surface area (Å²) in [5.41, 5.74) is 2.31. The van der Waals surface area contributed by atoms with Gasteiger partial charge in [-0.1, -0.05) is 53.0 Å². The fraction of sp³-hybridized carbons (Fsp3) is 0.120. The van der Waals surface area contributed by atoms with Crippen LogP contribution in [0.25, 0.3) is 6.08 Å². The highest BCUT2D eigenvalue weighted by molar-refractivity contribution is 14.1. The van der Waals surface area contributed by atoms with Gasteiger partial charge in [0, 0.05) is 15.1 Å². The van der Waals surface area contributed by atoms with Gasteiger partial charge in [0.25, 0.3) is 11.1 Å². The zero-order chi connectivity index (χ0) is 25.1. The van der Waals surface area contributed by atoms with Crippen molar-refractivity contribution in [3.63, 3.8) is 0 Å². The lowest BCUT2D eigenvalue weighted by Crippen LogP contribution is -2.27. The molecule has 0 saturated carbocycles. The molecule has 5 nitrogen and oxygen atoms in total. The van der Waals surface area contributed by atoms with Crippen molar-refractivity contribution in [1.82, 2.24) is 4.90 Å². The molecule has 0 spiro atoms. The third-order valence-electron chi connectivity index (χ3n) is 5.06. The van der Waals surface area contributed by atoms with Crippen molar-refractivity contribution in [3.05, 3.63) is 94.8 Å². The van der Waals surface area contributed by atoms with Gasteiger partial charge in [-0.2, -0.15) is 0 Å². The van der Waals surface area contributed by atoms with E-state index in [0.29, 0.717) is 49.2 Å². The van der Waals surface area contributed by atoms with Crippen LogP contribution in [-0.2, 0) is 17.9 Å². The summed E-state index contributed by atoms with van der Waals surface area (Å²) in [7, 11) is 1.55. The van der Waals surface area contributed by atoms with Gasteiger partial charge in [0.05, 0.1) is 22.1 Å². The van der Waals surface area contributed by atoms with Gasteiger partial charge >= 0.3 is 0 Å². The number of methoxy groups -OCH3 is 1. The van der Waals surface area contributed by atoms with Crippen LogP contribution in [0.4, 0.5) is 4.79 Å². The van der Waals surface area contributed by atoms with E-state index >= 15 is 0 Å². The molecule has 35 heavy (non-hydrogen) atoms. The third-order valence-corrected chi connectivity index (χ3v) is 7.61. The van der Waals surface area contributed by atoms with E-state index in [9.17, 15) is 9.59 Å². The van der Waals surface area contributed by atoms with Gasteiger partial charge < -0.3 is 9.47 Å². The highest BCUT2D eigenvalue weighted by Crippen LogP contribution is 2.38. The summed E-state index contributed by atoms with van der Waals surface area (Å²) in [4.78, 5) is 27.0. The van der Waals surface area contributed by atoms with E-state index < -0.39 is 0 Å². The summed E-state index contributed by atoms with van der Waals surface area (Å²) in [6.07, 6.45) is 1.67. The summed E-state index contributed by atoms with van der Waals surface area (Å²) >= 11 is 21.1. The molecule has 1 aliphatic heterocycles. The molecule has 1 saturated heterocycles. The minimum Gasteiger partial charge on any atom is -0.493 e. The molecule has 1 aliphatic rings. The lowest BCUT2D eigenvalue weighted by Gasteiger charge is -2.14. The predicted molar refractivity (Wildman–Crippen MR) is 149 cm³/mol. The molecule has 0 N–H and O–H groups in total. The smallest absolute Gasteiger partial charge is 0.293 e. The lowest BCUT2D eigenvalue weighted by atomic mass is 10.1. The molecule has 180 valence electrons. The second-order valence-corrected chi connectivity index (χ2v) is 10.9. The number of hydrogen-bond donors (Lipinski definition) is 0. The van der Waals surface area contributed by atoms with Crippen LogP contribution in [0.15, 0.2) is 59.5 Å². The van der Waals surface area contributed by atoms with E-state index in [2.05, 4.69) is 22.6 Å². The maximum Gasteiger partial charge on any atom is 0.293 e. The Hall–Kier alpha value is -1.91. The number of imide groups is 1. The van der Waals surface area contributed by atoms with Crippen molar-refractivity contribution in [1.29, 1.82) is 0 Å². The quantitative estimate of drug-likeness (QED) is 0.190. The number of carbonyl (C=O) groups excluding carboxylic acids is 2. The van der Waals surface area contributed by atoms with Crippen molar-refractivity contribution in [3.8, 4) is 11.5 Å². The summed E-state index contributed by atoms with van der Waals surface area (Å²) < 4.78 is 12.3. The summed E-state index contributed by atoms with van der Waals surface area (Å²) in [6, 6.07) is 16.0. The van der Waals surface area contributed by atoms with E-state index in [-0.39, 0.29) is 17.7 Å². The van der Waals surface area contributed by atoms with Crippen molar-refractivity contribution in [2.75, 3.05) is 7.11 Å². The van der Waals surface area contributed by atoms with Crippen molar-refractivity contribution in [2.24, 2.45) is 0 Å². The number of carbonyl (C=O) groups is 2. The number of halogens is 4. The van der Waals surface area contributed by atoms with Crippen molar-refractivity contribution >= 4 is 86.4 Å². The summed E-state index contributed by atoms with van der Waals surface area (Å²) in [5, 5.41) is 1.17. The van der Waals surface area contributed by atoms with Crippen LogP contribution in [0.2, 0.25) is 15.1 Å². The fourth-order valence-corrected chi connectivity index (χ4v) is 5.52. The van der Waals surface area contributed by atoms with Crippen LogP contribution < -0.4 is 9.47 Å². The topological polar surface area (TPSA) is 55.8 Å². The molecular weight excluding hydrogens is 644 g/mol. The van der Waals surface area contributed by atoms with Gasteiger partial charge in [-0.15, -0.1) is 0 Å². The molecule has 10 heteroatoms. The molecule has 2 amide bonds. The molecule has 0 radical (unpaired) electrons. The Bertz CT molecular complexity index is 1330. The SMILES string of the molecule is COc1cc(/C=C2\SC(=O)N(Cc3ccc(Cl)cc3Cl)C2=O)cc(I)c1OCc1ccc(Cl)cc1. The zero-order valence-electron chi connectivity index (χ0n) is 18.2. The Labute approximate surface area is 235 Å². The first-order chi connectivity index (χ1) is 16.7. The second kappa shape index (κ2) is 11.4. The van der Waals surface area contributed by atoms with Crippen molar-refractivity contribution in [2.45, 2.75) is 13.2 Å². The van der Waals surface area contributed by atoms with Gasteiger partial charge in [0.2, 0.25) is 0 Å². The fourth-order valence-electron chi connectivity index (χ4n) is 3.31.